The zero-order chi connectivity index (χ0) is 28.9. The van der Waals surface area contributed by atoms with E-state index in [1.165, 1.54) is 43.4 Å². The van der Waals surface area contributed by atoms with E-state index >= 15 is 0 Å². The first-order valence-corrected chi connectivity index (χ1v) is 14.3. The van der Waals surface area contributed by atoms with Crippen LogP contribution in [0.1, 0.15) is 79.7 Å². The normalized spacial score (nSPS) is 19.3. The fourth-order valence-electron chi connectivity index (χ4n) is 6.36. The van der Waals surface area contributed by atoms with Gasteiger partial charge in [0.05, 0.1) is 11.1 Å². The molecule has 9 heteroatoms. The number of hydrogen-bond acceptors (Lipinski definition) is 2. The van der Waals surface area contributed by atoms with Gasteiger partial charge in [0.15, 0.2) is 0 Å². The van der Waals surface area contributed by atoms with Crippen molar-refractivity contribution in [2.75, 3.05) is 26.7 Å². The van der Waals surface area contributed by atoms with Crippen LogP contribution in [-0.2, 0) is 23.6 Å². The molecule has 2 aliphatic rings. The molecule has 40 heavy (non-hydrogen) atoms. The van der Waals surface area contributed by atoms with E-state index in [4.69, 9.17) is 0 Å². The van der Waals surface area contributed by atoms with Gasteiger partial charge >= 0.3 is 12.4 Å². The van der Waals surface area contributed by atoms with E-state index in [9.17, 15) is 31.1 Å². The standard InChI is InChI=1S/C31H38F6N2O/c1-38(16-13-22-19-26(30(32,33)34)21-27(20-22)31(35,36)37)29(40)28(25-11-7-4-8-12-25)39-17-14-24(15-18-39)23-9-5-2-3-6-10-23/h4,7-8,11-12,19-21,23-24,28H,2-3,5-6,9-10,13-18H2,1H3. The minimum absolute atomic E-state index is 0.000681. The maximum absolute atomic E-state index is 13.8. The van der Waals surface area contributed by atoms with Crippen molar-refractivity contribution in [3.63, 3.8) is 0 Å². The molecule has 0 spiro atoms. The summed E-state index contributed by atoms with van der Waals surface area (Å²) >= 11 is 0. The number of hydrogen-bond donors (Lipinski definition) is 0. The number of piperidine rings is 1. The Labute approximate surface area is 232 Å². The number of benzene rings is 2. The summed E-state index contributed by atoms with van der Waals surface area (Å²) in [5.74, 6) is 1.19. The first-order chi connectivity index (χ1) is 18.9. The highest BCUT2D eigenvalue weighted by molar-refractivity contribution is 5.83. The van der Waals surface area contributed by atoms with Crippen LogP contribution in [0, 0.1) is 11.8 Å². The zero-order valence-corrected chi connectivity index (χ0v) is 22.9. The van der Waals surface area contributed by atoms with Crippen LogP contribution in [0.3, 0.4) is 0 Å². The molecule has 0 bridgehead atoms. The van der Waals surface area contributed by atoms with Gasteiger partial charge in [0.2, 0.25) is 5.91 Å². The van der Waals surface area contributed by atoms with Crippen LogP contribution in [0.2, 0.25) is 0 Å². The van der Waals surface area contributed by atoms with Crippen LogP contribution in [0.4, 0.5) is 26.3 Å². The number of carbonyl (C=O) groups is 1. The summed E-state index contributed by atoms with van der Waals surface area (Å²) in [5, 5.41) is 0. The second-order valence-electron chi connectivity index (χ2n) is 11.4. The molecular weight excluding hydrogens is 530 g/mol. The molecule has 1 aliphatic heterocycles. The van der Waals surface area contributed by atoms with Gasteiger partial charge in [-0.2, -0.15) is 26.3 Å². The molecule has 0 aromatic heterocycles. The van der Waals surface area contributed by atoms with Gasteiger partial charge in [0.25, 0.3) is 0 Å². The Kier molecular flexibility index (Phi) is 9.85. The van der Waals surface area contributed by atoms with E-state index < -0.39 is 29.5 Å². The van der Waals surface area contributed by atoms with Gasteiger partial charge in [0, 0.05) is 13.6 Å². The lowest BCUT2D eigenvalue weighted by molar-refractivity contribution is -0.143. The van der Waals surface area contributed by atoms with Crippen LogP contribution >= 0.6 is 0 Å². The SMILES string of the molecule is CN(CCc1cc(C(F)(F)F)cc(C(F)(F)F)c1)C(=O)C(c1ccccc1)N1CCC(C2CCCCCC2)CC1. The molecule has 0 radical (unpaired) electrons. The Hall–Kier alpha value is -2.55. The molecule has 1 heterocycles. The predicted octanol–water partition coefficient (Wildman–Crippen LogP) is 8.15. The highest BCUT2D eigenvalue weighted by Gasteiger charge is 2.38. The Morgan fingerprint density at radius 1 is 0.825 bits per heavy atom. The minimum Gasteiger partial charge on any atom is -0.344 e. The van der Waals surface area contributed by atoms with E-state index in [0.29, 0.717) is 5.92 Å². The topological polar surface area (TPSA) is 23.6 Å². The Balaban J connectivity index is 1.47. The molecule has 1 amide bonds. The summed E-state index contributed by atoms with van der Waals surface area (Å²) in [6.07, 6.45) is -0.133. The van der Waals surface area contributed by atoms with Gasteiger partial charge in [-0.3, -0.25) is 9.69 Å². The maximum Gasteiger partial charge on any atom is 0.416 e. The van der Waals surface area contributed by atoms with Crippen LogP contribution in [0.5, 0.6) is 0 Å². The highest BCUT2D eigenvalue weighted by Crippen LogP contribution is 2.38. The van der Waals surface area contributed by atoms with Crippen LogP contribution in [0.15, 0.2) is 48.5 Å². The summed E-state index contributed by atoms with van der Waals surface area (Å²) in [7, 11) is 1.56. The number of carbonyl (C=O) groups excluding carboxylic acids is 1. The van der Waals surface area contributed by atoms with E-state index in [-0.39, 0.29) is 30.5 Å². The highest BCUT2D eigenvalue weighted by atomic mass is 19.4. The van der Waals surface area contributed by atoms with Crippen molar-refractivity contribution in [1.29, 1.82) is 0 Å². The fourth-order valence-corrected chi connectivity index (χ4v) is 6.36. The van der Waals surface area contributed by atoms with Crippen molar-refractivity contribution in [3.05, 3.63) is 70.8 Å². The van der Waals surface area contributed by atoms with Crippen LogP contribution < -0.4 is 0 Å². The second-order valence-corrected chi connectivity index (χ2v) is 11.4. The minimum atomic E-state index is -4.90. The Morgan fingerprint density at radius 3 is 1.88 bits per heavy atom. The van der Waals surface area contributed by atoms with E-state index in [1.807, 2.05) is 30.3 Å². The van der Waals surface area contributed by atoms with Crippen LogP contribution in [-0.4, -0.2) is 42.4 Å². The fraction of sp³-hybridized carbons (Fsp3) is 0.581. The van der Waals surface area contributed by atoms with Crippen molar-refractivity contribution < 1.29 is 31.1 Å². The van der Waals surface area contributed by atoms with Gasteiger partial charge in [-0.15, -0.1) is 0 Å². The summed E-state index contributed by atoms with van der Waals surface area (Å²) in [6.45, 7) is 1.56. The van der Waals surface area contributed by atoms with E-state index in [2.05, 4.69) is 4.90 Å². The average Bonchev–Trinajstić information content (AvgIpc) is 3.21. The lowest BCUT2D eigenvalue weighted by Gasteiger charge is -2.40. The largest absolute Gasteiger partial charge is 0.416 e. The van der Waals surface area contributed by atoms with Gasteiger partial charge in [0.1, 0.15) is 6.04 Å². The molecule has 4 rings (SSSR count). The second kappa shape index (κ2) is 13.0. The number of halogens is 6. The molecule has 1 aliphatic carbocycles. The molecule has 2 aromatic carbocycles. The molecule has 220 valence electrons. The summed E-state index contributed by atoms with van der Waals surface area (Å²) in [5.41, 5.74) is -1.96. The lowest BCUT2D eigenvalue weighted by Crippen LogP contribution is -2.46. The summed E-state index contributed by atoms with van der Waals surface area (Å²) < 4.78 is 79.7. The van der Waals surface area contributed by atoms with Gasteiger partial charge in [-0.05, 0) is 73.5 Å². The first kappa shape index (κ1) is 30.4. The Morgan fingerprint density at radius 2 is 1.35 bits per heavy atom. The molecule has 3 nitrogen and oxygen atoms in total. The molecule has 1 unspecified atom stereocenters. The number of nitrogens with zero attached hydrogens (tertiary/aromatic N) is 2. The van der Waals surface area contributed by atoms with Crippen molar-refractivity contribution >= 4 is 5.91 Å². The van der Waals surface area contributed by atoms with Crippen molar-refractivity contribution in [3.8, 4) is 0 Å². The quantitative estimate of drug-likeness (QED) is 0.249. The monoisotopic (exact) mass is 568 g/mol. The summed E-state index contributed by atoms with van der Waals surface area (Å²) in [6, 6.07) is 10.5. The number of amides is 1. The molecular formula is C31H38F6N2O. The van der Waals surface area contributed by atoms with Crippen molar-refractivity contribution in [1.82, 2.24) is 9.80 Å². The maximum atomic E-state index is 13.8. The molecule has 0 N–H and O–H groups in total. The lowest BCUT2D eigenvalue weighted by atomic mass is 9.79. The zero-order valence-electron chi connectivity index (χ0n) is 22.9. The van der Waals surface area contributed by atoms with Crippen molar-refractivity contribution in [2.24, 2.45) is 11.8 Å². The van der Waals surface area contributed by atoms with Crippen molar-refractivity contribution in [2.45, 2.75) is 76.2 Å². The molecule has 2 aromatic rings. The van der Waals surface area contributed by atoms with Gasteiger partial charge < -0.3 is 4.90 Å². The predicted molar refractivity (Wildman–Crippen MR) is 142 cm³/mol. The van der Waals surface area contributed by atoms with Crippen LogP contribution in [0.25, 0.3) is 0 Å². The summed E-state index contributed by atoms with van der Waals surface area (Å²) in [4.78, 5) is 17.4. The number of alkyl halides is 6. The third-order valence-corrected chi connectivity index (χ3v) is 8.61. The van der Waals surface area contributed by atoms with Gasteiger partial charge in [-0.25, -0.2) is 0 Å². The third kappa shape index (κ3) is 7.80. The van der Waals surface area contributed by atoms with E-state index in [0.717, 1.165) is 49.5 Å². The number of likely N-dealkylation sites (tertiary alicyclic amines) is 1. The third-order valence-electron chi connectivity index (χ3n) is 8.61. The molecule has 2 fully saturated rings. The molecule has 1 saturated heterocycles. The van der Waals surface area contributed by atoms with E-state index in [1.54, 1.807) is 7.05 Å². The average molecular weight is 569 g/mol. The molecule has 1 saturated carbocycles. The number of rotatable bonds is 7. The molecule has 1 atom stereocenters. The number of likely N-dealkylation sites (N-methyl/N-ethyl adjacent to an activating group) is 1. The first-order valence-electron chi connectivity index (χ1n) is 14.3. The smallest absolute Gasteiger partial charge is 0.344 e. The Bertz CT molecular complexity index is 1070. The van der Waals surface area contributed by atoms with Gasteiger partial charge in [-0.1, -0.05) is 68.9 Å².